The molecule has 1 fully saturated rings. The van der Waals surface area contributed by atoms with Gasteiger partial charge in [-0.2, -0.15) is 0 Å². The predicted molar refractivity (Wildman–Crippen MR) is 85.6 cm³/mol. The molecule has 1 aromatic rings. The van der Waals surface area contributed by atoms with Gasteiger partial charge < -0.3 is 25.4 Å². The van der Waals surface area contributed by atoms with Gasteiger partial charge in [-0.05, 0) is 32.9 Å². The summed E-state index contributed by atoms with van der Waals surface area (Å²) in [6, 6.07) is 2.91. The van der Waals surface area contributed by atoms with Crippen molar-refractivity contribution in [1.29, 1.82) is 0 Å². The Bertz CT molecular complexity index is 604. The molecule has 0 aromatic carbocycles. The van der Waals surface area contributed by atoms with Crippen LogP contribution in [0.1, 0.15) is 31.3 Å². The van der Waals surface area contributed by atoms with Gasteiger partial charge in [-0.1, -0.05) is 0 Å². The van der Waals surface area contributed by atoms with Crippen LogP contribution in [0.4, 0.5) is 16.3 Å². The number of carbonyl (C=O) groups excluding carboxylic acids is 1. The van der Waals surface area contributed by atoms with E-state index in [9.17, 15) is 9.59 Å². The number of carboxylic acid groups (broad SMARTS) is 1. The fourth-order valence-electron chi connectivity index (χ4n) is 2.26. The van der Waals surface area contributed by atoms with Gasteiger partial charge in [-0.3, -0.25) is 0 Å². The first-order chi connectivity index (χ1) is 10.7. The highest BCUT2D eigenvalue weighted by atomic mass is 16.6. The fraction of sp³-hybridized carbons (Fsp3) is 0.533. The second kappa shape index (κ2) is 6.31. The lowest BCUT2D eigenvalue weighted by molar-refractivity contribution is 0.0240. The number of aromatic carboxylic acids is 1. The van der Waals surface area contributed by atoms with Crippen molar-refractivity contribution in [3.05, 3.63) is 17.8 Å². The van der Waals surface area contributed by atoms with Gasteiger partial charge in [0, 0.05) is 26.2 Å². The van der Waals surface area contributed by atoms with E-state index in [1.165, 1.54) is 12.1 Å². The van der Waals surface area contributed by atoms with Crippen molar-refractivity contribution in [2.75, 3.05) is 36.8 Å². The standard InChI is InChI=1S/C15H22N4O4/c1-15(2,3)23-14(22)19-8-6-18(7-9-19)12-10(16)4-5-11(17-12)13(20)21/h4-5H,6-9,16H2,1-3H3,(H,20,21). The SMILES string of the molecule is CC(C)(C)OC(=O)N1CCN(c2nc(C(=O)O)ccc2N)CC1. The van der Waals surface area contributed by atoms with Gasteiger partial charge >= 0.3 is 12.1 Å². The summed E-state index contributed by atoms with van der Waals surface area (Å²) >= 11 is 0. The van der Waals surface area contributed by atoms with Crippen LogP contribution in [-0.4, -0.2) is 58.8 Å². The van der Waals surface area contributed by atoms with Crippen molar-refractivity contribution in [3.63, 3.8) is 0 Å². The lowest BCUT2D eigenvalue weighted by atomic mass is 10.2. The number of rotatable bonds is 2. The van der Waals surface area contributed by atoms with Crippen molar-refractivity contribution in [3.8, 4) is 0 Å². The van der Waals surface area contributed by atoms with Gasteiger partial charge in [0.1, 0.15) is 5.60 Å². The third-order valence-corrected chi connectivity index (χ3v) is 3.36. The number of hydrogen-bond acceptors (Lipinski definition) is 6. The summed E-state index contributed by atoms with van der Waals surface area (Å²) in [7, 11) is 0. The number of carboxylic acids is 1. The first kappa shape index (κ1) is 16.9. The molecule has 8 nitrogen and oxygen atoms in total. The first-order valence-electron chi connectivity index (χ1n) is 7.40. The molecule has 0 atom stereocenters. The van der Waals surface area contributed by atoms with Crippen LogP contribution in [0.3, 0.4) is 0 Å². The molecule has 126 valence electrons. The van der Waals surface area contributed by atoms with Crippen LogP contribution in [-0.2, 0) is 4.74 Å². The molecule has 0 aliphatic carbocycles. The highest BCUT2D eigenvalue weighted by Crippen LogP contribution is 2.23. The number of piperazine rings is 1. The summed E-state index contributed by atoms with van der Waals surface area (Å²) in [5.74, 6) is -0.660. The number of carbonyl (C=O) groups is 2. The maximum Gasteiger partial charge on any atom is 0.410 e. The zero-order valence-corrected chi connectivity index (χ0v) is 13.6. The van der Waals surface area contributed by atoms with E-state index in [1.54, 1.807) is 4.90 Å². The lowest BCUT2D eigenvalue weighted by Gasteiger charge is -2.36. The van der Waals surface area contributed by atoms with Gasteiger partial charge in [-0.25, -0.2) is 14.6 Å². The number of nitrogens with zero attached hydrogens (tertiary/aromatic N) is 3. The number of ether oxygens (including phenoxy) is 1. The Kier molecular flexibility index (Phi) is 4.63. The number of pyridine rings is 1. The summed E-state index contributed by atoms with van der Waals surface area (Å²) in [6.45, 7) is 7.43. The third kappa shape index (κ3) is 4.24. The smallest absolute Gasteiger partial charge is 0.410 e. The largest absolute Gasteiger partial charge is 0.477 e. The van der Waals surface area contributed by atoms with Crippen molar-refractivity contribution in [2.45, 2.75) is 26.4 Å². The minimum Gasteiger partial charge on any atom is -0.477 e. The Morgan fingerprint density at radius 2 is 1.83 bits per heavy atom. The van der Waals surface area contributed by atoms with E-state index in [1.807, 2.05) is 25.7 Å². The van der Waals surface area contributed by atoms with Gasteiger partial charge in [0.05, 0.1) is 5.69 Å². The molecule has 1 saturated heterocycles. The van der Waals surface area contributed by atoms with E-state index < -0.39 is 11.6 Å². The van der Waals surface area contributed by atoms with Crippen LogP contribution in [0.25, 0.3) is 0 Å². The summed E-state index contributed by atoms with van der Waals surface area (Å²) in [4.78, 5) is 30.7. The maximum atomic E-state index is 12.0. The number of amides is 1. The number of nitrogen functional groups attached to an aromatic ring is 1. The molecule has 0 saturated carbocycles. The molecule has 8 heteroatoms. The van der Waals surface area contributed by atoms with E-state index in [0.717, 1.165) is 0 Å². The van der Waals surface area contributed by atoms with Crippen LogP contribution in [0.2, 0.25) is 0 Å². The monoisotopic (exact) mass is 322 g/mol. The Morgan fingerprint density at radius 1 is 1.22 bits per heavy atom. The molecule has 1 aliphatic heterocycles. The average Bonchev–Trinajstić information content (AvgIpc) is 2.46. The van der Waals surface area contributed by atoms with Crippen LogP contribution < -0.4 is 10.6 Å². The third-order valence-electron chi connectivity index (χ3n) is 3.36. The number of nitrogens with two attached hydrogens (primary N) is 1. The molecule has 0 radical (unpaired) electrons. The average molecular weight is 322 g/mol. The minimum atomic E-state index is -1.10. The molecule has 3 N–H and O–H groups in total. The first-order valence-corrected chi connectivity index (χ1v) is 7.40. The minimum absolute atomic E-state index is 0.0521. The van der Waals surface area contributed by atoms with Crippen molar-refractivity contribution in [2.24, 2.45) is 0 Å². The maximum absolute atomic E-state index is 12.0. The van der Waals surface area contributed by atoms with Crippen molar-refractivity contribution < 1.29 is 19.4 Å². The van der Waals surface area contributed by atoms with E-state index in [0.29, 0.717) is 37.7 Å². The summed E-state index contributed by atoms with van der Waals surface area (Å²) in [6.07, 6.45) is -0.350. The normalized spacial score (nSPS) is 15.4. The van der Waals surface area contributed by atoms with Crippen LogP contribution in [0, 0.1) is 0 Å². The molecular formula is C15H22N4O4. The number of hydrogen-bond donors (Lipinski definition) is 2. The predicted octanol–water partition coefficient (Wildman–Crippen LogP) is 1.42. The van der Waals surface area contributed by atoms with Crippen LogP contribution >= 0.6 is 0 Å². The summed E-state index contributed by atoms with van der Waals surface area (Å²) in [5, 5.41) is 9.03. The van der Waals surface area contributed by atoms with Gasteiger partial charge in [0.15, 0.2) is 11.5 Å². The van der Waals surface area contributed by atoms with Crippen LogP contribution in [0.5, 0.6) is 0 Å². The number of anilines is 2. The molecule has 2 heterocycles. The Morgan fingerprint density at radius 3 is 2.35 bits per heavy atom. The zero-order valence-electron chi connectivity index (χ0n) is 13.6. The molecular weight excluding hydrogens is 300 g/mol. The molecule has 0 unspecified atom stereocenters. The van der Waals surface area contributed by atoms with E-state index in [2.05, 4.69) is 4.98 Å². The molecule has 1 aromatic heterocycles. The van der Waals surface area contributed by atoms with Gasteiger partial charge in [-0.15, -0.1) is 0 Å². The number of aromatic nitrogens is 1. The molecule has 0 spiro atoms. The quantitative estimate of drug-likeness (QED) is 0.847. The van der Waals surface area contributed by atoms with E-state index in [-0.39, 0.29) is 11.8 Å². The second-order valence-electron chi connectivity index (χ2n) is 6.37. The topological polar surface area (TPSA) is 109 Å². The molecule has 1 amide bonds. The fourth-order valence-corrected chi connectivity index (χ4v) is 2.26. The second-order valence-corrected chi connectivity index (χ2v) is 6.37. The highest BCUT2D eigenvalue weighted by molar-refractivity contribution is 5.87. The Balaban J connectivity index is 2.03. The summed E-state index contributed by atoms with van der Waals surface area (Å²) in [5.41, 5.74) is 5.73. The van der Waals surface area contributed by atoms with Crippen molar-refractivity contribution >= 4 is 23.6 Å². The Labute approximate surface area is 134 Å². The highest BCUT2D eigenvalue weighted by Gasteiger charge is 2.27. The van der Waals surface area contributed by atoms with Crippen molar-refractivity contribution in [1.82, 2.24) is 9.88 Å². The zero-order chi connectivity index (χ0) is 17.2. The Hall–Kier alpha value is -2.51. The van der Waals surface area contributed by atoms with Crippen LogP contribution in [0.15, 0.2) is 12.1 Å². The van der Waals surface area contributed by atoms with Gasteiger partial charge in [0.25, 0.3) is 0 Å². The molecule has 1 aliphatic rings. The van der Waals surface area contributed by atoms with Gasteiger partial charge in [0.2, 0.25) is 0 Å². The summed E-state index contributed by atoms with van der Waals surface area (Å²) < 4.78 is 5.34. The van der Waals surface area contributed by atoms with E-state index in [4.69, 9.17) is 15.6 Å². The molecule has 0 bridgehead atoms. The molecule has 2 rings (SSSR count). The lowest BCUT2D eigenvalue weighted by Crippen LogP contribution is -2.50. The van der Waals surface area contributed by atoms with E-state index >= 15 is 0 Å². The molecule has 23 heavy (non-hydrogen) atoms.